The van der Waals surface area contributed by atoms with Gasteiger partial charge in [-0.2, -0.15) is 5.10 Å². The Bertz CT molecular complexity index is 442. The lowest BCUT2D eigenvalue weighted by atomic mass is 10.1. The van der Waals surface area contributed by atoms with Crippen LogP contribution in [0.1, 0.15) is 25.6 Å². The smallest absolute Gasteiger partial charge is 0.220 e. The third kappa shape index (κ3) is 5.09. The number of carbonyl (C=O) groups excluding carboxylic acids is 1. The Hall–Kier alpha value is -1.47. The monoisotopic (exact) mass is 295 g/mol. The van der Waals surface area contributed by atoms with Crippen molar-refractivity contribution in [1.29, 1.82) is 0 Å². The standard InChI is InChI=1S/C14H25N5O2/c1-12(19-7-9-21-10-8-19)3-4-14(20)15-6-5-13-16-11-17-18(13)2/h11-12H,3-10H2,1-2H3,(H,15,20)/t12-/m1/s1. The molecule has 0 saturated carbocycles. The van der Waals surface area contributed by atoms with E-state index in [1.54, 1.807) is 4.68 Å². The second kappa shape index (κ2) is 8.09. The zero-order valence-corrected chi connectivity index (χ0v) is 12.9. The minimum atomic E-state index is 0.109. The third-order valence-corrected chi connectivity index (χ3v) is 3.93. The largest absolute Gasteiger partial charge is 0.379 e. The number of hydrogen-bond acceptors (Lipinski definition) is 5. The van der Waals surface area contributed by atoms with Crippen molar-refractivity contribution in [3.8, 4) is 0 Å². The van der Waals surface area contributed by atoms with E-state index in [1.807, 2.05) is 7.05 Å². The molecule has 7 heteroatoms. The van der Waals surface area contributed by atoms with Crippen molar-refractivity contribution < 1.29 is 9.53 Å². The molecule has 2 rings (SSSR count). The molecule has 1 aliphatic heterocycles. The van der Waals surface area contributed by atoms with Gasteiger partial charge in [-0.15, -0.1) is 0 Å². The Kier molecular flexibility index (Phi) is 6.13. The minimum absolute atomic E-state index is 0.109. The van der Waals surface area contributed by atoms with Gasteiger partial charge in [0, 0.05) is 45.6 Å². The van der Waals surface area contributed by atoms with Crippen LogP contribution in [0, 0.1) is 0 Å². The second-order valence-corrected chi connectivity index (χ2v) is 5.44. The van der Waals surface area contributed by atoms with Gasteiger partial charge in [-0.25, -0.2) is 4.98 Å². The Morgan fingerprint density at radius 1 is 1.48 bits per heavy atom. The molecular weight excluding hydrogens is 270 g/mol. The van der Waals surface area contributed by atoms with Crippen LogP contribution in [0.25, 0.3) is 0 Å². The average Bonchev–Trinajstić information content (AvgIpc) is 2.91. The Balaban J connectivity index is 1.59. The van der Waals surface area contributed by atoms with Gasteiger partial charge in [-0.05, 0) is 13.3 Å². The summed E-state index contributed by atoms with van der Waals surface area (Å²) in [6, 6.07) is 0.429. The highest BCUT2D eigenvalue weighted by atomic mass is 16.5. The molecule has 1 atom stereocenters. The van der Waals surface area contributed by atoms with Crippen LogP contribution in [0.3, 0.4) is 0 Å². The summed E-state index contributed by atoms with van der Waals surface area (Å²) in [5, 5.41) is 6.95. The molecule has 1 aliphatic rings. The van der Waals surface area contributed by atoms with Crippen molar-refractivity contribution in [2.75, 3.05) is 32.8 Å². The highest BCUT2D eigenvalue weighted by Gasteiger charge is 2.17. The van der Waals surface area contributed by atoms with Gasteiger partial charge >= 0.3 is 0 Å². The molecule has 1 aromatic rings. The summed E-state index contributed by atoms with van der Waals surface area (Å²) in [4.78, 5) is 18.4. The van der Waals surface area contributed by atoms with Crippen molar-refractivity contribution in [2.24, 2.45) is 7.05 Å². The maximum Gasteiger partial charge on any atom is 0.220 e. The first-order valence-electron chi connectivity index (χ1n) is 7.58. The fraction of sp³-hybridized carbons (Fsp3) is 0.786. The van der Waals surface area contributed by atoms with E-state index in [-0.39, 0.29) is 5.91 Å². The van der Waals surface area contributed by atoms with Crippen molar-refractivity contribution >= 4 is 5.91 Å². The molecule has 118 valence electrons. The molecule has 0 aliphatic carbocycles. The topological polar surface area (TPSA) is 72.3 Å². The van der Waals surface area contributed by atoms with Crippen LogP contribution in [-0.2, 0) is 23.0 Å². The summed E-state index contributed by atoms with van der Waals surface area (Å²) >= 11 is 0. The fourth-order valence-electron chi connectivity index (χ4n) is 2.49. The van der Waals surface area contributed by atoms with Crippen LogP contribution in [-0.4, -0.2) is 64.5 Å². The summed E-state index contributed by atoms with van der Waals surface area (Å²) < 4.78 is 7.07. The van der Waals surface area contributed by atoms with Crippen LogP contribution >= 0.6 is 0 Å². The first-order valence-corrected chi connectivity index (χ1v) is 7.58. The molecule has 0 radical (unpaired) electrons. The highest BCUT2D eigenvalue weighted by Crippen LogP contribution is 2.09. The van der Waals surface area contributed by atoms with Crippen molar-refractivity contribution in [1.82, 2.24) is 25.0 Å². The number of aryl methyl sites for hydroxylation is 1. The quantitative estimate of drug-likeness (QED) is 0.765. The number of nitrogens with one attached hydrogen (secondary N) is 1. The van der Waals surface area contributed by atoms with Gasteiger partial charge < -0.3 is 10.1 Å². The van der Waals surface area contributed by atoms with Crippen LogP contribution in [0.5, 0.6) is 0 Å². The van der Waals surface area contributed by atoms with Gasteiger partial charge in [0.2, 0.25) is 5.91 Å². The maximum atomic E-state index is 11.8. The number of rotatable bonds is 7. The lowest BCUT2D eigenvalue weighted by molar-refractivity contribution is -0.121. The number of ether oxygens (including phenoxy) is 1. The molecule has 0 aromatic carbocycles. The van der Waals surface area contributed by atoms with Crippen LogP contribution in [0.4, 0.5) is 0 Å². The van der Waals surface area contributed by atoms with Gasteiger partial charge in [0.15, 0.2) is 0 Å². The molecule has 1 aromatic heterocycles. The predicted molar refractivity (Wildman–Crippen MR) is 78.8 cm³/mol. The molecule has 0 bridgehead atoms. The summed E-state index contributed by atoms with van der Waals surface area (Å²) in [5.74, 6) is 0.995. The van der Waals surface area contributed by atoms with E-state index in [4.69, 9.17) is 4.74 Å². The molecule has 2 heterocycles. The number of carbonyl (C=O) groups is 1. The molecule has 1 fully saturated rings. The molecular formula is C14H25N5O2. The maximum absolute atomic E-state index is 11.8. The lowest BCUT2D eigenvalue weighted by Gasteiger charge is -2.32. The van der Waals surface area contributed by atoms with Crippen LogP contribution < -0.4 is 5.32 Å². The predicted octanol–water partition coefficient (Wildman–Crippen LogP) is -0.0253. The Morgan fingerprint density at radius 2 is 2.24 bits per heavy atom. The highest BCUT2D eigenvalue weighted by molar-refractivity contribution is 5.75. The van der Waals surface area contributed by atoms with Crippen LogP contribution in [0.15, 0.2) is 6.33 Å². The van der Waals surface area contributed by atoms with E-state index in [1.165, 1.54) is 6.33 Å². The second-order valence-electron chi connectivity index (χ2n) is 5.44. The van der Waals surface area contributed by atoms with Gasteiger partial charge in [0.25, 0.3) is 0 Å². The Morgan fingerprint density at radius 3 is 2.90 bits per heavy atom. The molecule has 0 spiro atoms. The first-order chi connectivity index (χ1) is 10.2. The van der Waals surface area contributed by atoms with E-state index in [0.717, 1.165) is 38.5 Å². The molecule has 0 unspecified atom stereocenters. The summed E-state index contributed by atoms with van der Waals surface area (Å²) in [6.07, 6.45) is 3.69. The third-order valence-electron chi connectivity index (χ3n) is 3.93. The lowest BCUT2D eigenvalue weighted by Crippen LogP contribution is -2.42. The van der Waals surface area contributed by atoms with E-state index >= 15 is 0 Å². The van der Waals surface area contributed by atoms with Crippen molar-refractivity contribution in [3.63, 3.8) is 0 Å². The van der Waals surface area contributed by atoms with Crippen molar-refractivity contribution in [2.45, 2.75) is 32.2 Å². The molecule has 1 saturated heterocycles. The fourth-order valence-corrected chi connectivity index (χ4v) is 2.49. The molecule has 1 amide bonds. The normalized spacial score (nSPS) is 17.6. The summed E-state index contributed by atoms with van der Waals surface area (Å²) in [5.41, 5.74) is 0. The summed E-state index contributed by atoms with van der Waals surface area (Å²) in [7, 11) is 1.86. The molecule has 21 heavy (non-hydrogen) atoms. The van der Waals surface area contributed by atoms with E-state index in [0.29, 0.717) is 25.4 Å². The van der Waals surface area contributed by atoms with E-state index in [2.05, 4.69) is 27.2 Å². The molecule has 7 nitrogen and oxygen atoms in total. The minimum Gasteiger partial charge on any atom is -0.379 e. The van der Waals surface area contributed by atoms with Gasteiger partial charge in [-0.1, -0.05) is 0 Å². The van der Waals surface area contributed by atoms with Crippen molar-refractivity contribution in [3.05, 3.63) is 12.2 Å². The van der Waals surface area contributed by atoms with Gasteiger partial charge in [0.05, 0.1) is 13.2 Å². The number of morpholine rings is 1. The van der Waals surface area contributed by atoms with Gasteiger partial charge in [-0.3, -0.25) is 14.4 Å². The number of hydrogen-bond donors (Lipinski definition) is 1. The zero-order valence-electron chi connectivity index (χ0n) is 12.9. The first kappa shape index (κ1) is 15.9. The number of aromatic nitrogens is 3. The number of nitrogens with zero attached hydrogens (tertiary/aromatic N) is 4. The number of amides is 1. The molecule has 1 N–H and O–H groups in total. The SMILES string of the molecule is C[C@H](CCC(=O)NCCc1ncnn1C)N1CCOCC1. The van der Waals surface area contributed by atoms with E-state index < -0.39 is 0 Å². The van der Waals surface area contributed by atoms with Crippen LogP contribution in [0.2, 0.25) is 0 Å². The van der Waals surface area contributed by atoms with E-state index in [9.17, 15) is 4.79 Å². The average molecular weight is 295 g/mol. The Labute approximate surface area is 125 Å². The van der Waals surface area contributed by atoms with Gasteiger partial charge in [0.1, 0.15) is 12.2 Å². The summed E-state index contributed by atoms with van der Waals surface area (Å²) in [6.45, 7) is 6.32. The zero-order chi connectivity index (χ0) is 15.1.